The van der Waals surface area contributed by atoms with Crippen molar-refractivity contribution in [1.29, 1.82) is 0 Å². The molecule has 0 saturated carbocycles. The van der Waals surface area contributed by atoms with E-state index in [0.717, 1.165) is 11.4 Å². The lowest BCUT2D eigenvalue weighted by atomic mass is 10.1. The molecule has 2 aromatic rings. The first kappa shape index (κ1) is 10.6. The maximum Gasteiger partial charge on any atom is 0.322 e. The second kappa shape index (κ2) is 4.75. The third-order valence-corrected chi connectivity index (χ3v) is 2.20. The van der Waals surface area contributed by atoms with Crippen LogP contribution < -0.4 is 4.74 Å². The van der Waals surface area contributed by atoms with Crippen molar-refractivity contribution in [1.82, 2.24) is 9.97 Å². The van der Waals surface area contributed by atoms with Crippen LogP contribution in [0.4, 0.5) is 0 Å². The Kier molecular flexibility index (Phi) is 3.15. The van der Waals surface area contributed by atoms with Gasteiger partial charge >= 0.3 is 6.01 Å². The summed E-state index contributed by atoms with van der Waals surface area (Å²) in [4.78, 5) is 8.42. The molecule has 0 unspecified atom stereocenters. The van der Waals surface area contributed by atoms with Crippen molar-refractivity contribution < 1.29 is 4.74 Å². The standard InChI is InChI=1S/C13H14N2O/c1-10(2)12-8-9-14-13(15-12)16-11-6-4-3-5-7-11/h3-10H,1-2H3. The van der Waals surface area contributed by atoms with Crippen LogP contribution in [0.2, 0.25) is 0 Å². The highest BCUT2D eigenvalue weighted by Crippen LogP contribution is 2.18. The Morgan fingerprint density at radius 3 is 2.50 bits per heavy atom. The van der Waals surface area contributed by atoms with Crippen molar-refractivity contribution in [2.45, 2.75) is 19.8 Å². The van der Waals surface area contributed by atoms with Crippen molar-refractivity contribution >= 4 is 0 Å². The molecule has 2 rings (SSSR count). The van der Waals surface area contributed by atoms with Crippen LogP contribution in [0.5, 0.6) is 11.8 Å². The van der Waals surface area contributed by atoms with E-state index in [-0.39, 0.29) is 0 Å². The Labute approximate surface area is 95.1 Å². The maximum absolute atomic E-state index is 5.55. The van der Waals surface area contributed by atoms with E-state index in [0.29, 0.717) is 11.9 Å². The van der Waals surface area contributed by atoms with E-state index in [1.54, 1.807) is 6.20 Å². The topological polar surface area (TPSA) is 35.0 Å². The van der Waals surface area contributed by atoms with Crippen LogP contribution in [-0.4, -0.2) is 9.97 Å². The number of ether oxygens (including phenoxy) is 1. The molecule has 0 aliphatic carbocycles. The van der Waals surface area contributed by atoms with Gasteiger partial charge in [-0.1, -0.05) is 32.0 Å². The van der Waals surface area contributed by atoms with Gasteiger partial charge in [0, 0.05) is 6.20 Å². The monoisotopic (exact) mass is 214 g/mol. The molecule has 0 N–H and O–H groups in total. The first-order valence-electron chi connectivity index (χ1n) is 5.31. The van der Waals surface area contributed by atoms with Gasteiger partial charge in [0.2, 0.25) is 0 Å². The van der Waals surface area contributed by atoms with E-state index >= 15 is 0 Å². The fraction of sp³-hybridized carbons (Fsp3) is 0.231. The van der Waals surface area contributed by atoms with Gasteiger partial charge in [0.15, 0.2) is 0 Å². The van der Waals surface area contributed by atoms with E-state index in [2.05, 4.69) is 23.8 Å². The lowest BCUT2D eigenvalue weighted by molar-refractivity contribution is 0.438. The summed E-state index contributed by atoms with van der Waals surface area (Å²) in [5, 5.41) is 0. The number of rotatable bonds is 3. The number of benzene rings is 1. The third kappa shape index (κ3) is 2.57. The van der Waals surface area contributed by atoms with Crippen LogP contribution in [0, 0.1) is 0 Å². The molecule has 16 heavy (non-hydrogen) atoms. The minimum atomic E-state index is 0.376. The summed E-state index contributed by atoms with van der Waals surface area (Å²) in [5.41, 5.74) is 0.987. The van der Waals surface area contributed by atoms with Crippen LogP contribution >= 0.6 is 0 Å². The van der Waals surface area contributed by atoms with Crippen molar-refractivity contribution in [2.24, 2.45) is 0 Å². The van der Waals surface area contributed by atoms with E-state index in [9.17, 15) is 0 Å². The van der Waals surface area contributed by atoms with Gasteiger partial charge in [0.25, 0.3) is 0 Å². The molecule has 0 aliphatic rings. The molecule has 0 atom stereocenters. The predicted molar refractivity (Wildman–Crippen MR) is 62.6 cm³/mol. The molecule has 0 saturated heterocycles. The Morgan fingerprint density at radius 2 is 1.81 bits per heavy atom. The molecule has 1 heterocycles. The second-order valence-corrected chi connectivity index (χ2v) is 3.83. The zero-order valence-corrected chi connectivity index (χ0v) is 9.42. The van der Waals surface area contributed by atoms with E-state index in [1.165, 1.54) is 0 Å². The van der Waals surface area contributed by atoms with Gasteiger partial charge in [-0.2, -0.15) is 4.98 Å². The summed E-state index contributed by atoms with van der Waals surface area (Å²) < 4.78 is 5.55. The SMILES string of the molecule is CC(C)c1ccnc(Oc2ccccc2)n1. The smallest absolute Gasteiger partial charge is 0.322 e. The van der Waals surface area contributed by atoms with Gasteiger partial charge in [-0.25, -0.2) is 4.98 Å². The third-order valence-electron chi connectivity index (χ3n) is 2.20. The van der Waals surface area contributed by atoms with Crippen LogP contribution in [0.1, 0.15) is 25.5 Å². The van der Waals surface area contributed by atoms with Crippen LogP contribution in [0.3, 0.4) is 0 Å². The fourth-order valence-electron chi connectivity index (χ4n) is 1.32. The minimum absolute atomic E-state index is 0.376. The summed E-state index contributed by atoms with van der Waals surface area (Å²) in [6, 6.07) is 11.8. The summed E-state index contributed by atoms with van der Waals surface area (Å²) in [6.45, 7) is 4.18. The largest absolute Gasteiger partial charge is 0.424 e. The zero-order chi connectivity index (χ0) is 11.4. The average molecular weight is 214 g/mol. The van der Waals surface area contributed by atoms with Gasteiger partial charge in [-0.05, 0) is 24.1 Å². The highest BCUT2D eigenvalue weighted by molar-refractivity contribution is 5.24. The molecular weight excluding hydrogens is 200 g/mol. The Hall–Kier alpha value is -1.90. The number of para-hydroxylation sites is 1. The van der Waals surface area contributed by atoms with Gasteiger partial charge in [0.05, 0.1) is 5.69 Å². The highest BCUT2D eigenvalue weighted by Gasteiger charge is 2.04. The molecule has 3 nitrogen and oxygen atoms in total. The average Bonchev–Trinajstić information content (AvgIpc) is 2.30. The minimum Gasteiger partial charge on any atom is -0.424 e. The summed E-state index contributed by atoms with van der Waals surface area (Å²) >= 11 is 0. The van der Waals surface area contributed by atoms with Crippen molar-refractivity contribution in [3.05, 3.63) is 48.3 Å². The Morgan fingerprint density at radius 1 is 1.06 bits per heavy atom. The van der Waals surface area contributed by atoms with Crippen LogP contribution in [0.15, 0.2) is 42.6 Å². The molecule has 0 spiro atoms. The number of hydrogen-bond donors (Lipinski definition) is 0. The summed E-state index contributed by atoms with van der Waals surface area (Å²) in [6.07, 6.45) is 1.72. The van der Waals surface area contributed by atoms with Crippen molar-refractivity contribution in [2.75, 3.05) is 0 Å². The first-order valence-corrected chi connectivity index (χ1v) is 5.31. The highest BCUT2D eigenvalue weighted by atomic mass is 16.5. The molecular formula is C13H14N2O. The maximum atomic E-state index is 5.55. The predicted octanol–water partition coefficient (Wildman–Crippen LogP) is 3.39. The molecule has 1 aromatic carbocycles. The number of nitrogens with zero attached hydrogens (tertiary/aromatic N) is 2. The quantitative estimate of drug-likeness (QED) is 0.785. The molecule has 1 aromatic heterocycles. The summed E-state index contributed by atoms with van der Waals surface area (Å²) in [7, 11) is 0. The molecule has 0 aliphatic heterocycles. The number of hydrogen-bond acceptors (Lipinski definition) is 3. The van der Waals surface area contributed by atoms with Crippen molar-refractivity contribution in [3.8, 4) is 11.8 Å². The van der Waals surface area contributed by atoms with Crippen molar-refractivity contribution in [3.63, 3.8) is 0 Å². The van der Waals surface area contributed by atoms with Gasteiger partial charge in [-0.3, -0.25) is 0 Å². The molecule has 0 radical (unpaired) electrons. The first-order chi connectivity index (χ1) is 7.75. The Balaban J connectivity index is 2.19. The Bertz CT molecular complexity index is 454. The van der Waals surface area contributed by atoms with Crippen LogP contribution in [0.25, 0.3) is 0 Å². The normalized spacial score (nSPS) is 10.4. The molecule has 0 fully saturated rings. The van der Waals surface area contributed by atoms with E-state index < -0.39 is 0 Å². The van der Waals surface area contributed by atoms with Gasteiger partial charge in [0.1, 0.15) is 5.75 Å². The lowest BCUT2D eigenvalue weighted by Crippen LogP contribution is -1.97. The number of aromatic nitrogens is 2. The van der Waals surface area contributed by atoms with E-state index in [1.807, 2.05) is 36.4 Å². The van der Waals surface area contributed by atoms with Crippen LogP contribution in [-0.2, 0) is 0 Å². The molecule has 0 amide bonds. The van der Waals surface area contributed by atoms with Gasteiger partial charge < -0.3 is 4.74 Å². The second-order valence-electron chi connectivity index (χ2n) is 3.83. The molecule has 82 valence electrons. The fourth-order valence-corrected chi connectivity index (χ4v) is 1.32. The lowest BCUT2D eigenvalue weighted by Gasteiger charge is -2.06. The summed E-state index contributed by atoms with van der Waals surface area (Å²) in [5.74, 6) is 1.13. The zero-order valence-electron chi connectivity index (χ0n) is 9.42. The molecule has 3 heteroatoms. The van der Waals surface area contributed by atoms with Gasteiger partial charge in [-0.15, -0.1) is 0 Å². The van der Waals surface area contributed by atoms with E-state index in [4.69, 9.17) is 4.74 Å². The molecule has 0 bridgehead atoms.